The number of amides is 1. The molecule has 1 aromatic rings. The highest BCUT2D eigenvalue weighted by Crippen LogP contribution is 2.21. The van der Waals surface area contributed by atoms with Crippen LogP contribution in [0.3, 0.4) is 0 Å². The molecule has 0 radical (unpaired) electrons. The third-order valence-electron chi connectivity index (χ3n) is 3.49. The standard InChI is InChI=1S/C14H18N2O3/c17-12(8-10-4-2-1-3-5-10)14-11(6-7-15-14)9-13(18)16-19/h1-5,11,14-15,19H,6-9H2,(H,16,18). The van der Waals surface area contributed by atoms with Crippen LogP contribution in [0.2, 0.25) is 0 Å². The van der Waals surface area contributed by atoms with Crippen molar-refractivity contribution in [1.82, 2.24) is 10.8 Å². The molecule has 19 heavy (non-hydrogen) atoms. The molecule has 3 N–H and O–H groups in total. The molecule has 5 nitrogen and oxygen atoms in total. The van der Waals surface area contributed by atoms with Gasteiger partial charge in [-0.1, -0.05) is 30.3 Å². The molecule has 0 aliphatic carbocycles. The fourth-order valence-corrected chi connectivity index (χ4v) is 2.54. The Labute approximate surface area is 112 Å². The first-order valence-electron chi connectivity index (χ1n) is 6.43. The normalized spacial score (nSPS) is 22.2. The maximum atomic E-state index is 12.2. The largest absolute Gasteiger partial charge is 0.307 e. The highest BCUT2D eigenvalue weighted by molar-refractivity contribution is 5.87. The molecule has 0 aromatic heterocycles. The Morgan fingerprint density at radius 2 is 2.05 bits per heavy atom. The Balaban J connectivity index is 1.96. The van der Waals surface area contributed by atoms with Crippen molar-refractivity contribution < 1.29 is 14.8 Å². The molecule has 1 aliphatic rings. The molecule has 1 saturated heterocycles. The molecule has 1 fully saturated rings. The van der Waals surface area contributed by atoms with Crippen molar-refractivity contribution in [2.45, 2.75) is 25.3 Å². The fourth-order valence-electron chi connectivity index (χ4n) is 2.54. The second kappa shape index (κ2) is 6.45. The quantitative estimate of drug-likeness (QED) is 0.538. The van der Waals surface area contributed by atoms with Crippen LogP contribution in [0, 0.1) is 5.92 Å². The zero-order valence-electron chi connectivity index (χ0n) is 10.6. The van der Waals surface area contributed by atoms with E-state index in [2.05, 4.69) is 5.32 Å². The van der Waals surface area contributed by atoms with E-state index in [4.69, 9.17) is 5.21 Å². The van der Waals surface area contributed by atoms with Crippen LogP contribution in [0.4, 0.5) is 0 Å². The number of Topliss-reactive ketones (excluding diaryl/α,β-unsaturated/α-hetero) is 1. The molecule has 1 amide bonds. The van der Waals surface area contributed by atoms with E-state index in [1.807, 2.05) is 30.3 Å². The number of carbonyl (C=O) groups is 2. The fraction of sp³-hybridized carbons (Fsp3) is 0.429. The lowest BCUT2D eigenvalue weighted by Gasteiger charge is -2.17. The van der Waals surface area contributed by atoms with Gasteiger partial charge in [0.25, 0.3) is 0 Å². The minimum Gasteiger partial charge on any atom is -0.307 e. The molecule has 0 spiro atoms. The van der Waals surface area contributed by atoms with E-state index < -0.39 is 5.91 Å². The van der Waals surface area contributed by atoms with Gasteiger partial charge < -0.3 is 5.32 Å². The summed E-state index contributed by atoms with van der Waals surface area (Å²) in [7, 11) is 0. The summed E-state index contributed by atoms with van der Waals surface area (Å²) in [4.78, 5) is 23.4. The smallest absolute Gasteiger partial charge is 0.243 e. The van der Waals surface area contributed by atoms with Gasteiger partial charge in [-0.2, -0.15) is 0 Å². The number of nitrogens with one attached hydrogen (secondary N) is 2. The Hall–Kier alpha value is -1.72. The van der Waals surface area contributed by atoms with Crippen LogP contribution in [-0.4, -0.2) is 29.5 Å². The predicted molar refractivity (Wildman–Crippen MR) is 69.6 cm³/mol. The number of hydroxylamine groups is 1. The zero-order valence-corrected chi connectivity index (χ0v) is 10.6. The molecule has 0 saturated carbocycles. The van der Waals surface area contributed by atoms with Gasteiger partial charge in [0.1, 0.15) is 0 Å². The maximum Gasteiger partial charge on any atom is 0.243 e. The summed E-state index contributed by atoms with van der Waals surface area (Å²) in [6.07, 6.45) is 1.32. The van der Waals surface area contributed by atoms with E-state index in [9.17, 15) is 9.59 Å². The highest BCUT2D eigenvalue weighted by atomic mass is 16.5. The first-order chi connectivity index (χ1) is 9.20. The van der Waals surface area contributed by atoms with Crippen LogP contribution < -0.4 is 10.8 Å². The number of hydrogen-bond acceptors (Lipinski definition) is 4. The topological polar surface area (TPSA) is 78.4 Å². The SMILES string of the molecule is O=C(CC1CCNC1C(=O)Cc1ccccc1)NO. The number of hydrogen-bond donors (Lipinski definition) is 3. The molecule has 2 rings (SSSR count). The minimum atomic E-state index is -0.439. The van der Waals surface area contributed by atoms with Gasteiger partial charge in [0.15, 0.2) is 5.78 Å². The molecule has 1 heterocycles. The van der Waals surface area contributed by atoms with Gasteiger partial charge in [-0.3, -0.25) is 14.8 Å². The lowest BCUT2D eigenvalue weighted by Crippen LogP contribution is -2.38. The zero-order chi connectivity index (χ0) is 13.7. The highest BCUT2D eigenvalue weighted by Gasteiger charge is 2.33. The Morgan fingerprint density at radius 1 is 1.32 bits per heavy atom. The van der Waals surface area contributed by atoms with Crippen LogP contribution in [0.5, 0.6) is 0 Å². The van der Waals surface area contributed by atoms with E-state index in [0.717, 1.165) is 18.5 Å². The number of carbonyl (C=O) groups excluding carboxylic acids is 2. The second-order valence-electron chi connectivity index (χ2n) is 4.85. The molecule has 1 aliphatic heterocycles. The van der Waals surface area contributed by atoms with Crippen molar-refractivity contribution in [3.63, 3.8) is 0 Å². The van der Waals surface area contributed by atoms with E-state index >= 15 is 0 Å². The van der Waals surface area contributed by atoms with Gasteiger partial charge in [-0.05, 0) is 24.4 Å². The molecular weight excluding hydrogens is 244 g/mol. The molecule has 2 unspecified atom stereocenters. The summed E-state index contributed by atoms with van der Waals surface area (Å²) in [6, 6.07) is 9.27. The van der Waals surface area contributed by atoms with Crippen LogP contribution in [0.1, 0.15) is 18.4 Å². The van der Waals surface area contributed by atoms with Gasteiger partial charge >= 0.3 is 0 Å². The molecule has 1 aromatic carbocycles. The third-order valence-corrected chi connectivity index (χ3v) is 3.49. The van der Waals surface area contributed by atoms with Crippen molar-refractivity contribution >= 4 is 11.7 Å². The van der Waals surface area contributed by atoms with Gasteiger partial charge in [-0.25, -0.2) is 5.48 Å². The van der Waals surface area contributed by atoms with E-state index in [0.29, 0.717) is 6.42 Å². The molecule has 5 heteroatoms. The number of benzene rings is 1. The molecular formula is C14H18N2O3. The second-order valence-corrected chi connectivity index (χ2v) is 4.85. The average Bonchev–Trinajstić information content (AvgIpc) is 2.88. The van der Waals surface area contributed by atoms with E-state index in [-0.39, 0.29) is 24.2 Å². The van der Waals surface area contributed by atoms with Gasteiger partial charge in [0.2, 0.25) is 5.91 Å². The molecule has 2 atom stereocenters. The third kappa shape index (κ3) is 3.62. The van der Waals surface area contributed by atoms with Crippen molar-refractivity contribution in [1.29, 1.82) is 0 Å². The summed E-state index contributed by atoms with van der Waals surface area (Å²) in [5.41, 5.74) is 2.60. The van der Waals surface area contributed by atoms with E-state index in [1.54, 1.807) is 5.48 Å². The van der Waals surface area contributed by atoms with Gasteiger partial charge in [0.05, 0.1) is 6.04 Å². The average molecular weight is 262 g/mol. The van der Waals surface area contributed by atoms with Crippen molar-refractivity contribution in [2.24, 2.45) is 5.92 Å². The minimum absolute atomic E-state index is 0.0386. The van der Waals surface area contributed by atoms with Gasteiger partial charge in [0, 0.05) is 12.8 Å². The van der Waals surface area contributed by atoms with Crippen molar-refractivity contribution in [3.05, 3.63) is 35.9 Å². The summed E-state index contributed by atoms with van der Waals surface area (Å²) < 4.78 is 0. The summed E-state index contributed by atoms with van der Waals surface area (Å²) >= 11 is 0. The lowest BCUT2D eigenvalue weighted by atomic mass is 9.91. The lowest BCUT2D eigenvalue weighted by molar-refractivity contribution is -0.130. The summed E-state index contributed by atoms with van der Waals surface area (Å²) in [5.74, 6) is -0.381. The first-order valence-corrected chi connectivity index (χ1v) is 6.43. The van der Waals surface area contributed by atoms with Crippen molar-refractivity contribution in [3.8, 4) is 0 Å². The summed E-state index contributed by atoms with van der Waals surface area (Å²) in [5, 5.41) is 11.7. The molecule has 102 valence electrons. The number of rotatable bonds is 5. The van der Waals surface area contributed by atoms with Crippen LogP contribution >= 0.6 is 0 Å². The van der Waals surface area contributed by atoms with Crippen LogP contribution in [-0.2, 0) is 16.0 Å². The Kier molecular flexibility index (Phi) is 4.65. The summed E-state index contributed by atoms with van der Waals surface area (Å²) in [6.45, 7) is 0.731. The number of ketones is 1. The van der Waals surface area contributed by atoms with Crippen molar-refractivity contribution in [2.75, 3.05) is 6.54 Å². The van der Waals surface area contributed by atoms with Crippen LogP contribution in [0.15, 0.2) is 30.3 Å². The maximum absolute atomic E-state index is 12.2. The Morgan fingerprint density at radius 3 is 2.74 bits per heavy atom. The van der Waals surface area contributed by atoms with Crippen LogP contribution in [0.25, 0.3) is 0 Å². The molecule has 0 bridgehead atoms. The monoisotopic (exact) mass is 262 g/mol. The Bertz CT molecular complexity index is 447. The van der Waals surface area contributed by atoms with E-state index in [1.165, 1.54) is 0 Å². The van der Waals surface area contributed by atoms with Gasteiger partial charge in [-0.15, -0.1) is 0 Å². The first kappa shape index (κ1) is 13.7. The predicted octanol–water partition coefficient (Wildman–Crippen LogP) is 0.672.